The predicted molar refractivity (Wildman–Crippen MR) is 73.4 cm³/mol. The van der Waals surface area contributed by atoms with Gasteiger partial charge in [0.2, 0.25) is 0 Å². The largest absolute Gasteiger partial charge is 0.493 e. The summed E-state index contributed by atoms with van der Waals surface area (Å²) in [5.74, 6) is 0.769. The second-order valence-corrected chi connectivity index (χ2v) is 4.53. The lowest BCUT2D eigenvalue weighted by Gasteiger charge is -2.12. The van der Waals surface area contributed by atoms with E-state index in [2.05, 4.69) is 0 Å². The Morgan fingerprint density at radius 1 is 1.40 bits per heavy atom. The van der Waals surface area contributed by atoms with Crippen LogP contribution in [0.1, 0.15) is 30.1 Å². The van der Waals surface area contributed by atoms with Crippen LogP contribution in [0.3, 0.4) is 0 Å². The molecule has 0 saturated carbocycles. The standard InChI is InChI=1S/C15H20O5/c1-3-18-13-7-6-11(9-14(13)17-2)15(16)20-10-12-5-4-8-19-12/h6-7,9,12H,3-5,8,10H2,1-2H3. The van der Waals surface area contributed by atoms with E-state index in [1.807, 2.05) is 6.92 Å². The van der Waals surface area contributed by atoms with Crippen LogP contribution in [0.2, 0.25) is 0 Å². The van der Waals surface area contributed by atoms with Gasteiger partial charge in [-0.15, -0.1) is 0 Å². The zero-order valence-corrected chi connectivity index (χ0v) is 11.9. The van der Waals surface area contributed by atoms with Crippen LogP contribution in [0.4, 0.5) is 0 Å². The number of carbonyl (C=O) groups excluding carboxylic acids is 1. The number of methoxy groups -OCH3 is 1. The Balaban J connectivity index is 1.98. The first-order valence-electron chi connectivity index (χ1n) is 6.84. The van der Waals surface area contributed by atoms with Crippen molar-refractivity contribution < 1.29 is 23.7 Å². The molecule has 1 aromatic rings. The molecule has 5 heteroatoms. The van der Waals surface area contributed by atoms with Crippen molar-refractivity contribution in [1.29, 1.82) is 0 Å². The molecule has 110 valence electrons. The number of carbonyl (C=O) groups is 1. The van der Waals surface area contributed by atoms with Gasteiger partial charge in [-0.1, -0.05) is 0 Å². The first-order chi connectivity index (χ1) is 9.74. The molecule has 1 fully saturated rings. The zero-order chi connectivity index (χ0) is 14.4. The molecule has 0 radical (unpaired) electrons. The van der Waals surface area contributed by atoms with Crippen molar-refractivity contribution in [3.8, 4) is 11.5 Å². The van der Waals surface area contributed by atoms with Crippen LogP contribution in [0.25, 0.3) is 0 Å². The van der Waals surface area contributed by atoms with Crippen molar-refractivity contribution in [2.24, 2.45) is 0 Å². The molecule has 0 amide bonds. The number of ether oxygens (including phenoxy) is 4. The molecule has 1 saturated heterocycles. The molecule has 1 aliphatic rings. The summed E-state index contributed by atoms with van der Waals surface area (Å²) in [6.07, 6.45) is 2.00. The second-order valence-electron chi connectivity index (χ2n) is 4.53. The Labute approximate surface area is 118 Å². The van der Waals surface area contributed by atoms with Crippen molar-refractivity contribution in [3.05, 3.63) is 23.8 Å². The molecule has 0 spiro atoms. The maximum Gasteiger partial charge on any atom is 0.338 e. The van der Waals surface area contributed by atoms with E-state index in [9.17, 15) is 4.79 Å². The quantitative estimate of drug-likeness (QED) is 0.749. The van der Waals surface area contributed by atoms with Crippen LogP contribution in [-0.4, -0.2) is 39.0 Å². The van der Waals surface area contributed by atoms with Gasteiger partial charge in [0.15, 0.2) is 11.5 Å². The van der Waals surface area contributed by atoms with Crippen molar-refractivity contribution in [3.63, 3.8) is 0 Å². The van der Waals surface area contributed by atoms with E-state index in [0.717, 1.165) is 19.4 Å². The second kappa shape index (κ2) is 7.14. The van der Waals surface area contributed by atoms with Crippen LogP contribution in [-0.2, 0) is 9.47 Å². The maximum atomic E-state index is 12.0. The minimum absolute atomic E-state index is 0.0311. The first-order valence-corrected chi connectivity index (χ1v) is 6.84. The maximum absolute atomic E-state index is 12.0. The molecule has 0 aliphatic carbocycles. The van der Waals surface area contributed by atoms with Crippen LogP contribution < -0.4 is 9.47 Å². The molecule has 0 aromatic heterocycles. The molecular weight excluding hydrogens is 260 g/mol. The van der Waals surface area contributed by atoms with Gasteiger partial charge in [0.1, 0.15) is 6.61 Å². The molecule has 0 N–H and O–H groups in total. The minimum Gasteiger partial charge on any atom is -0.493 e. The molecule has 2 rings (SSSR count). The van der Waals surface area contributed by atoms with Gasteiger partial charge in [-0.05, 0) is 38.0 Å². The fourth-order valence-electron chi connectivity index (χ4n) is 2.10. The number of hydrogen-bond acceptors (Lipinski definition) is 5. The van der Waals surface area contributed by atoms with Crippen molar-refractivity contribution >= 4 is 5.97 Å². The minimum atomic E-state index is -0.373. The number of esters is 1. The van der Waals surface area contributed by atoms with Gasteiger partial charge in [0.25, 0.3) is 0 Å². The van der Waals surface area contributed by atoms with E-state index in [1.54, 1.807) is 25.3 Å². The van der Waals surface area contributed by atoms with E-state index < -0.39 is 0 Å². The Hall–Kier alpha value is -1.75. The molecule has 1 atom stereocenters. The van der Waals surface area contributed by atoms with Gasteiger partial charge < -0.3 is 18.9 Å². The molecule has 1 aliphatic heterocycles. The topological polar surface area (TPSA) is 54.0 Å². The first kappa shape index (κ1) is 14.7. The van der Waals surface area contributed by atoms with E-state index in [1.165, 1.54) is 0 Å². The summed E-state index contributed by atoms with van der Waals surface area (Å²) < 4.78 is 21.3. The van der Waals surface area contributed by atoms with Gasteiger partial charge >= 0.3 is 5.97 Å². The Morgan fingerprint density at radius 3 is 2.90 bits per heavy atom. The van der Waals surface area contributed by atoms with Crippen molar-refractivity contribution in [1.82, 2.24) is 0 Å². The average molecular weight is 280 g/mol. The predicted octanol–water partition coefficient (Wildman–Crippen LogP) is 2.43. The zero-order valence-electron chi connectivity index (χ0n) is 11.9. The van der Waals surface area contributed by atoms with Crippen molar-refractivity contribution in [2.45, 2.75) is 25.9 Å². The number of hydrogen-bond donors (Lipinski definition) is 0. The summed E-state index contributed by atoms with van der Waals surface area (Å²) in [7, 11) is 1.54. The van der Waals surface area contributed by atoms with E-state index in [-0.39, 0.29) is 12.1 Å². The van der Waals surface area contributed by atoms with Crippen LogP contribution in [0.5, 0.6) is 11.5 Å². The number of rotatable bonds is 6. The number of benzene rings is 1. The SMILES string of the molecule is CCOc1ccc(C(=O)OCC2CCCO2)cc1OC. The summed E-state index contributed by atoms with van der Waals surface area (Å²) in [4.78, 5) is 12.0. The molecule has 0 bridgehead atoms. The summed E-state index contributed by atoms with van der Waals surface area (Å²) in [5, 5.41) is 0. The summed E-state index contributed by atoms with van der Waals surface area (Å²) in [6, 6.07) is 5.01. The third-order valence-corrected chi connectivity index (χ3v) is 3.12. The van der Waals surface area contributed by atoms with E-state index in [0.29, 0.717) is 30.3 Å². The molecule has 1 unspecified atom stereocenters. The lowest BCUT2D eigenvalue weighted by Crippen LogP contribution is -2.17. The highest BCUT2D eigenvalue weighted by atomic mass is 16.6. The summed E-state index contributed by atoms with van der Waals surface area (Å²) >= 11 is 0. The average Bonchev–Trinajstić information content (AvgIpc) is 2.98. The normalized spacial score (nSPS) is 17.8. The van der Waals surface area contributed by atoms with Crippen LogP contribution in [0.15, 0.2) is 18.2 Å². The highest BCUT2D eigenvalue weighted by molar-refractivity contribution is 5.90. The van der Waals surface area contributed by atoms with Crippen LogP contribution >= 0.6 is 0 Å². The van der Waals surface area contributed by atoms with Gasteiger partial charge in [-0.3, -0.25) is 0 Å². The van der Waals surface area contributed by atoms with Crippen LogP contribution in [0, 0.1) is 0 Å². The molecular formula is C15H20O5. The monoisotopic (exact) mass is 280 g/mol. The smallest absolute Gasteiger partial charge is 0.338 e. The molecule has 1 heterocycles. The van der Waals surface area contributed by atoms with Gasteiger partial charge in [-0.25, -0.2) is 4.79 Å². The Morgan fingerprint density at radius 2 is 2.25 bits per heavy atom. The third-order valence-electron chi connectivity index (χ3n) is 3.12. The Kier molecular flexibility index (Phi) is 5.24. The molecule has 20 heavy (non-hydrogen) atoms. The summed E-state index contributed by atoms with van der Waals surface area (Å²) in [6.45, 7) is 3.48. The van der Waals surface area contributed by atoms with Gasteiger partial charge in [-0.2, -0.15) is 0 Å². The van der Waals surface area contributed by atoms with Crippen molar-refractivity contribution in [2.75, 3.05) is 26.9 Å². The fourth-order valence-corrected chi connectivity index (χ4v) is 2.10. The Bertz CT molecular complexity index is 452. The van der Waals surface area contributed by atoms with Gasteiger partial charge in [0, 0.05) is 6.61 Å². The lowest BCUT2D eigenvalue weighted by atomic mass is 10.2. The highest BCUT2D eigenvalue weighted by Gasteiger charge is 2.19. The lowest BCUT2D eigenvalue weighted by molar-refractivity contribution is 0.0161. The fraction of sp³-hybridized carbons (Fsp3) is 0.533. The molecule has 5 nitrogen and oxygen atoms in total. The summed E-state index contributed by atoms with van der Waals surface area (Å²) in [5.41, 5.74) is 0.448. The molecule has 1 aromatic carbocycles. The third kappa shape index (κ3) is 3.63. The van der Waals surface area contributed by atoms with Gasteiger partial charge in [0.05, 0.1) is 25.4 Å². The van der Waals surface area contributed by atoms with E-state index in [4.69, 9.17) is 18.9 Å². The highest BCUT2D eigenvalue weighted by Crippen LogP contribution is 2.28. The van der Waals surface area contributed by atoms with E-state index >= 15 is 0 Å².